The van der Waals surface area contributed by atoms with Crippen LogP contribution in [0.5, 0.6) is 0 Å². The number of allylic oxidation sites excluding steroid dienone is 2. The van der Waals surface area contributed by atoms with E-state index in [0.717, 1.165) is 16.1 Å². The van der Waals surface area contributed by atoms with E-state index in [9.17, 15) is 19.2 Å². The molecular formula is C26H17Cl7N2O4. The van der Waals surface area contributed by atoms with Crippen LogP contribution in [-0.2, 0) is 9.59 Å². The third-order valence-corrected chi connectivity index (χ3v) is 12.2. The number of hydrogen-bond acceptors (Lipinski definition) is 4. The van der Waals surface area contributed by atoms with Crippen molar-refractivity contribution in [2.45, 2.75) is 27.9 Å². The molecule has 204 valence electrons. The van der Waals surface area contributed by atoms with Crippen molar-refractivity contribution in [3.05, 3.63) is 79.8 Å². The normalized spacial score (nSPS) is 28.8. The van der Waals surface area contributed by atoms with Crippen molar-refractivity contribution in [3.63, 3.8) is 0 Å². The van der Waals surface area contributed by atoms with Crippen LogP contribution in [0.1, 0.15) is 31.8 Å². The van der Waals surface area contributed by atoms with E-state index in [-0.39, 0.29) is 26.2 Å². The van der Waals surface area contributed by atoms with E-state index < -0.39 is 56.0 Å². The van der Waals surface area contributed by atoms with E-state index >= 15 is 0 Å². The monoisotopic (exact) mass is 666 g/mol. The van der Waals surface area contributed by atoms with Crippen molar-refractivity contribution in [2.75, 3.05) is 6.54 Å². The number of carbonyl (C=O) groups is 4. The summed E-state index contributed by atoms with van der Waals surface area (Å²) in [5.74, 6) is -6.32. The number of nitrogens with zero attached hydrogens (tertiary/aromatic N) is 2. The highest BCUT2D eigenvalue weighted by atomic mass is 35.5. The Morgan fingerprint density at radius 3 is 1.90 bits per heavy atom. The smallest absolute Gasteiger partial charge is 0.274 e. The maximum Gasteiger partial charge on any atom is 0.274 e. The second-order valence-corrected chi connectivity index (χ2v) is 13.3. The molecule has 2 aromatic carbocycles. The summed E-state index contributed by atoms with van der Waals surface area (Å²) in [6.45, 7) is 3.03. The Morgan fingerprint density at radius 1 is 0.846 bits per heavy atom. The lowest BCUT2D eigenvalue weighted by Gasteiger charge is -2.36. The zero-order valence-corrected chi connectivity index (χ0v) is 25.4. The molecule has 2 bridgehead atoms. The maximum atomic E-state index is 13.9. The minimum Gasteiger partial charge on any atom is -0.292 e. The SMILES string of the molecule is Cc1ccc(C(=O)CN(C(=O)c2ccccc2Cl)N2C(=O)[C@@H]3[C@H](C2=O)[C@@]2(Cl)C(Cl)=C(Cl)[C@@]3(Cl)C2(Cl)Cl)cc1C. The van der Waals surface area contributed by atoms with E-state index in [1.54, 1.807) is 30.3 Å². The van der Waals surface area contributed by atoms with Gasteiger partial charge in [0.05, 0.1) is 32.5 Å². The number of hydrogen-bond donors (Lipinski definition) is 0. The van der Waals surface area contributed by atoms with Gasteiger partial charge >= 0.3 is 0 Å². The summed E-state index contributed by atoms with van der Waals surface area (Å²) >= 11 is 45.7. The highest BCUT2D eigenvalue weighted by Crippen LogP contribution is 2.77. The molecule has 4 atom stereocenters. The molecule has 0 radical (unpaired) electrons. The molecule has 6 nitrogen and oxygen atoms in total. The molecule has 1 saturated heterocycles. The molecule has 0 aromatic heterocycles. The highest BCUT2D eigenvalue weighted by molar-refractivity contribution is 6.66. The van der Waals surface area contributed by atoms with E-state index in [1.165, 1.54) is 12.1 Å². The summed E-state index contributed by atoms with van der Waals surface area (Å²) < 4.78 is -2.14. The maximum absolute atomic E-state index is 13.9. The molecule has 0 spiro atoms. The fraction of sp³-hybridized carbons (Fsp3) is 0.308. The molecule has 0 N–H and O–H groups in total. The van der Waals surface area contributed by atoms with Crippen LogP contribution in [0.2, 0.25) is 5.02 Å². The molecule has 2 aliphatic carbocycles. The summed E-state index contributed by atoms with van der Waals surface area (Å²) in [6.07, 6.45) is 0. The Balaban J connectivity index is 1.61. The van der Waals surface area contributed by atoms with Crippen molar-refractivity contribution in [1.29, 1.82) is 0 Å². The number of Topliss-reactive ketones (excluding diaryl/α,β-unsaturated/α-hetero) is 1. The molecule has 1 heterocycles. The van der Waals surface area contributed by atoms with Crippen molar-refractivity contribution >= 4 is 105 Å². The Labute approximate surface area is 258 Å². The topological polar surface area (TPSA) is 74.8 Å². The predicted octanol–water partition coefficient (Wildman–Crippen LogP) is 6.64. The highest BCUT2D eigenvalue weighted by Gasteiger charge is 2.88. The van der Waals surface area contributed by atoms with Gasteiger partial charge in [-0.15, -0.1) is 23.2 Å². The Morgan fingerprint density at radius 2 is 1.38 bits per heavy atom. The van der Waals surface area contributed by atoms with Crippen molar-refractivity contribution < 1.29 is 19.2 Å². The van der Waals surface area contributed by atoms with Gasteiger partial charge < -0.3 is 0 Å². The molecule has 13 heteroatoms. The molecule has 3 aliphatic rings. The quantitative estimate of drug-likeness (QED) is 0.203. The van der Waals surface area contributed by atoms with Gasteiger partial charge in [-0.25, -0.2) is 5.01 Å². The van der Waals surface area contributed by atoms with Crippen LogP contribution in [0.3, 0.4) is 0 Å². The number of aryl methyl sites for hydroxylation is 2. The van der Waals surface area contributed by atoms with Crippen LogP contribution in [0.25, 0.3) is 0 Å². The van der Waals surface area contributed by atoms with Gasteiger partial charge in [0.1, 0.15) is 16.3 Å². The number of amides is 3. The van der Waals surface area contributed by atoms with Crippen molar-refractivity contribution in [1.82, 2.24) is 10.0 Å². The lowest BCUT2D eigenvalue weighted by atomic mass is 9.84. The summed E-state index contributed by atoms with van der Waals surface area (Å²) in [4.78, 5) is 50.9. The number of alkyl halides is 4. The Bertz CT molecular complexity index is 1480. The van der Waals surface area contributed by atoms with Gasteiger partial charge in [-0.2, -0.15) is 5.01 Å². The molecule has 2 aromatic rings. The minimum atomic E-state index is -2.14. The number of imide groups is 1. The summed E-state index contributed by atoms with van der Waals surface area (Å²) in [5, 5.41) is 0.779. The second kappa shape index (κ2) is 9.52. The van der Waals surface area contributed by atoms with Crippen LogP contribution < -0.4 is 0 Å². The van der Waals surface area contributed by atoms with Gasteiger partial charge in [0, 0.05) is 5.56 Å². The average molecular weight is 670 g/mol. The number of halogens is 7. The third-order valence-electron chi connectivity index (χ3n) is 7.59. The summed E-state index contributed by atoms with van der Waals surface area (Å²) in [5.41, 5.74) is 2.02. The molecule has 1 saturated carbocycles. The van der Waals surface area contributed by atoms with E-state index in [0.29, 0.717) is 5.01 Å². The molecule has 39 heavy (non-hydrogen) atoms. The molecule has 3 amide bonds. The van der Waals surface area contributed by atoms with Crippen LogP contribution in [-0.4, -0.2) is 54.1 Å². The molecule has 1 aliphatic heterocycles. The zero-order valence-electron chi connectivity index (χ0n) is 20.1. The lowest BCUT2D eigenvalue weighted by molar-refractivity contribution is -0.154. The lowest BCUT2D eigenvalue weighted by Crippen LogP contribution is -2.56. The number of benzene rings is 2. The summed E-state index contributed by atoms with van der Waals surface area (Å²) in [7, 11) is 0. The molecule has 2 fully saturated rings. The average Bonchev–Trinajstić information content (AvgIpc) is 3.27. The van der Waals surface area contributed by atoms with Crippen LogP contribution in [0.4, 0.5) is 0 Å². The van der Waals surface area contributed by atoms with E-state index in [1.807, 2.05) is 13.8 Å². The fourth-order valence-electron chi connectivity index (χ4n) is 5.37. The molecule has 0 unspecified atom stereocenters. The van der Waals surface area contributed by atoms with Crippen LogP contribution in [0.15, 0.2) is 52.5 Å². The second-order valence-electron chi connectivity index (χ2n) is 9.63. The first-order chi connectivity index (χ1) is 18.1. The van der Waals surface area contributed by atoms with Gasteiger partial charge in [-0.3, -0.25) is 19.2 Å². The predicted molar refractivity (Wildman–Crippen MR) is 152 cm³/mol. The van der Waals surface area contributed by atoms with Crippen LogP contribution >= 0.6 is 81.2 Å². The van der Waals surface area contributed by atoms with E-state index in [4.69, 9.17) is 81.2 Å². The standard InChI is InChI=1S/C26H17Cl7N2O4/c1-11-7-8-13(9-12(11)2)16(36)10-34(21(37)14-5-3-4-6-15(14)27)35-22(38)17-18(23(35)39)25(31)20(29)19(28)24(17,30)26(25,32)33/h3-9,17-18H,10H2,1-2H3/t17-,18+,24-,25-/m1/s1. The van der Waals surface area contributed by atoms with Crippen molar-refractivity contribution in [2.24, 2.45) is 11.8 Å². The number of rotatable bonds is 5. The largest absolute Gasteiger partial charge is 0.292 e. The van der Waals surface area contributed by atoms with Gasteiger partial charge in [-0.1, -0.05) is 82.3 Å². The first-order valence-corrected chi connectivity index (χ1v) is 14.1. The van der Waals surface area contributed by atoms with Gasteiger partial charge in [-0.05, 0) is 43.2 Å². The molecule has 5 rings (SSSR count). The first kappa shape index (κ1) is 29.0. The summed E-state index contributed by atoms with van der Waals surface area (Å²) in [6, 6.07) is 11.0. The van der Waals surface area contributed by atoms with Gasteiger partial charge in [0.25, 0.3) is 17.7 Å². The number of fused-ring (bicyclic) bond motifs is 5. The fourth-order valence-corrected chi connectivity index (χ4v) is 8.51. The minimum absolute atomic E-state index is 0.0430. The van der Waals surface area contributed by atoms with Crippen LogP contribution in [0, 0.1) is 25.7 Å². The third kappa shape index (κ3) is 3.69. The van der Waals surface area contributed by atoms with E-state index in [2.05, 4.69) is 0 Å². The number of ketones is 1. The van der Waals surface area contributed by atoms with Crippen molar-refractivity contribution in [3.8, 4) is 0 Å². The van der Waals surface area contributed by atoms with Gasteiger partial charge in [0.2, 0.25) is 0 Å². The Hall–Kier alpha value is -1.51. The first-order valence-electron chi connectivity index (χ1n) is 11.5. The zero-order chi connectivity index (χ0) is 28.8. The number of carbonyl (C=O) groups excluding carboxylic acids is 4. The Kier molecular flexibility index (Phi) is 7.08. The van der Waals surface area contributed by atoms with Gasteiger partial charge in [0.15, 0.2) is 10.1 Å². The molecular weight excluding hydrogens is 652 g/mol. The number of hydrazine groups is 1.